The summed E-state index contributed by atoms with van der Waals surface area (Å²) in [7, 11) is 0. The molecular formula is C14H21N3O. The summed E-state index contributed by atoms with van der Waals surface area (Å²) in [6, 6.07) is 1.84. The summed E-state index contributed by atoms with van der Waals surface area (Å²) in [5.41, 5.74) is 13.2. The number of carbonyl (C=O) groups is 1. The molecule has 1 heterocycles. The molecule has 4 heteroatoms. The van der Waals surface area contributed by atoms with Crippen LogP contribution in [0.1, 0.15) is 41.6 Å². The largest absolute Gasteiger partial charge is 0.383 e. The van der Waals surface area contributed by atoms with Gasteiger partial charge < -0.3 is 11.5 Å². The molecule has 2 atom stereocenters. The molecule has 2 unspecified atom stereocenters. The zero-order chi connectivity index (χ0) is 13.1. The van der Waals surface area contributed by atoms with Gasteiger partial charge in [0.15, 0.2) is 5.78 Å². The molecule has 0 amide bonds. The third-order valence-electron chi connectivity index (χ3n) is 3.98. The molecule has 98 valence electrons. The second-order valence-electron chi connectivity index (χ2n) is 5.14. The first-order valence-electron chi connectivity index (χ1n) is 6.60. The van der Waals surface area contributed by atoms with Crippen LogP contribution in [0.15, 0.2) is 12.3 Å². The fourth-order valence-electron chi connectivity index (χ4n) is 2.92. The van der Waals surface area contributed by atoms with Crippen molar-refractivity contribution in [2.75, 3.05) is 12.3 Å². The van der Waals surface area contributed by atoms with E-state index in [1.165, 1.54) is 6.42 Å². The van der Waals surface area contributed by atoms with Crippen molar-refractivity contribution < 1.29 is 4.79 Å². The maximum absolute atomic E-state index is 12.6. The Kier molecular flexibility index (Phi) is 3.97. The molecule has 1 aromatic heterocycles. The summed E-state index contributed by atoms with van der Waals surface area (Å²) in [6.07, 6.45) is 5.89. The van der Waals surface area contributed by atoms with Crippen LogP contribution < -0.4 is 11.5 Å². The van der Waals surface area contributed by atoms with Crippen molar-refractivity contribution in [2.45, 2.75) is 32.6 Å². The predicted octanol–water partition coefficient (Wildman–Crippen LogP) is 1.92. The summed E-state index contributed by atoms with van der Waals surface area (Å²) in [5, 5.41) is 0. The Bertz CT molecular complexity index is 424. The zero-order valence-corrected chi connectivity index (χ0v) is 10.9. The Morgan fingerprint density at radius 2 is 2.17 bits per heavy atom. The lowest BCUT2D eigenvalue weighted by Crippen LogP contribution is -2.33. The second-order valence-corrected chi connectivity index (χ2v) is 5.14. The summed E-state index contributed by atoms with van der Waals surface area (Å²) < 4.78 is 0. The first-order valence-corrected chi connectivity index (χ1v) is 6.60. The molecule has 0 saturated heterocycles. The van der Waals surface area contributed by atoms with Gasteiger partial charge in [-0.15, -0.1) is 0 Å². The molecular weight excluding hydrogens is 226 g/mol. The molecule has 1 saturated carbocycles. The van der Waals surface area contributed by atoms with Crippen molar-refractivity contribution in [1.82, 2.24) is 4.98 Å². The van der Waals surface area contributed by atoms with Gasteiger partial charge in [-0.2, -0.15) is 0 Å². The lowest BCUT2D eigenvalue weighted by molar-refractivity contribution is 0.0829. The number of aryl methyl sites for hydroxylation is 1. The van der Waals surface area contributed by atoms with Gasteiger partial charge in [0.1, 0.15) is 5.82 Å². The minimum atomic E-state index is 0.0222. The summed E-state index contributed by atoms with van der Waals surface area (Å²) in [6.45, 7) is 2.49. The maximum Gasteiger partial charge on any atom is 0.170 e. The van der Waals surface area contributed by atoms with Crippen LogP contribution in [0.5, 0.6) is 0 Å². The number of hydrogen-bond donors (Lipinski definition) is 2. The topological polar surface area (TPSA) is 82.0 Å². The number of Topliss-reactive ketones (excluding diaryl/α,β-unsaturated/α-hetero) is 1. The summed E-state index contributed by atoms with van der Waals surface area (Å²) >= 11 is 0. The Labute approximate surface area is 108 Å². The van der Waals surface area contributed by atoms with E-state index in [-0.39, 0.29) is 11.7 Å². The fourth-order valence-corrected chi connectivity index (χ4v) is 2.92. The van der Waals surface area contributed by atoms with Crippen LogP contribution in [-0.2, 0) is 0 Å². The number of rotatable bonds is 3. The van der Waals surface area contributed by atoms with Gasteiger partial charge in [-0.05, 0) is 43.9 Å². The van der Waals surface area contributed by atoms with E-state index in [2.05, 4.69) is 4.98 Å². The minimum absolute atomic E-state index is 0.0222. The van der Waals surface area contributed by atoms with E-state index in [9.17, 15) is 4.79 Å². The Balaban J connectivity index is 2.30. The highest BCUT2D eigenvalue weighted by Gasteiger charge is 2.32. The molecule has 1 aliphatic rings. The van der Waals surface area contributed by atoms with Crippen molar-refractivity contribution >= 4 is 11.6 Å². The zero-order valence-electron chi connectivity index (χ0n) is 10.9. The van der Waals surface area contributed by atoms with Crippen LogP contribution in [0.25, 0.3) is 0 Å². The van der Waals surface area contributed by atoms with Gasteiger partial charge >= 0.3 is 0 Å². The van der Waals surface area contributed by atoms with Crippen molar-refractivity contribution in [2.24, 2.45) is 17.6 Å². The van der Waals surface area contributed by atoms with E-state index in [4.69, 9.17) is 11.5 Å². The number of nitrogen functional groups attached to an aromatic ring is 1. The van der Waals surface area contributed by atoms with Gasteiger partial charge in [0, 0.05) is 12.1 Å². The average molecular weight is 247 g/mol. The molecule has 4 nitrogen and oxygen atoms in total. The number of nitrogens with zero attached hydrogens (tertiary/aromatic N) is 1. The molecule has 2 rings (SSSR count). The number of pyridine rings is 1. The summed E-state index contributed by atoms with van der Waals surface area (Å²) in [4.78, 5) is 16.7. The number of nitrogens with two attached hydrogens (primary N) is 2. The highest BCUT2D eigenvalue weighted by atomic mass is 16.1. The molecule has 0 radical (unpaired) electrons. The molecule has 18 heavy (non-hydrogen) atoms. The molecule has 0 bridgehead atoms. The number of carbonyl (C=O) groups excluding carboxylic acids is 1. The first-order chi connectivity index (χ1) is 8.65. The van der Waals surface area contributed by atoms with Crippen LogP contribution in [0.3, 0.4) is 0 Å². The van der Waals surface area contributed by atoms with E-state index in [0.717, 1.165) is 24.8 Å². The lowest BCUT2D eigenvalue weighted by Gasteiger charge is -2.30. The SMILES string of the molecule is Cc1ccnc(N)c1C(=O)C1CCCCC1CN. The van der Waals surface area contributed by atoms with Crippen molar-refractivity contribution in [3.63, 3.8) is 0 Å². The third kappa shape index (κ3) is 2.38. The Hall–Kier alpha value is -1.42. The Morgan fingerprint density at radius 3 is 2.83 bits per heavy atom. The predicted molar refractivity (Wildman–Crippen MR) is 72.2 cm³/mol. The number of anilines is 1. The van der Waals surface area contributed by atoms with Crippen LogP contribution >= 0.6 is 0 Å². The summed E-state index contributed by atoms with van der Waals surface area (Å²) in [5.74, 6) is 0.800. The number of aromatic nitrogens is 1. The minimum Gasteiger partial charge on any atom is -0.383 e. The highest BCUT2D eigenvalue weighted by Crippen LogP contribution is 2.33. The van der Waals surface area contributed by atoms with Gasteiger partial charge in [0.2, 0.25) is 0 Å². The van der Waals surface area contributed by atoms with Gasteiger partial charge in [-0.3, -0.25) is 4.79 Å². The molecule has 4 N–H and O–H groups in total. The standard InChI is InChI=1S/C14H21N3O/c1-9-6-7-17-14(16)12(9)13(18)11-5-3-2-4-10(11)8-15/h6-7,10-11H,2-5,8,15H2,1H3,(H2,16,17). The van der Waals surface area contributed by atoms with E-state index in [1.54, 1.807) is 6.20 Å². The van der Waals surface area contributed by atoms with Gasteiger partial charge in [-0.25, -0.2) is 4.98 Å². The molecule has 1 aliphatic carbocycles. The molecule has 0 aromatic carbocycles. The molecule has 0 spiro atoms. The van der Waals surface area contributed by atoms with Crippen molar-refractivity contribution in [3.05, 3.63) is 23.4 Å². The maximum atomic E-state index is 12.6. The van der Waals surface area contributed by atoms with Crippen molar-refractivity contribution in [3.8, 4) is 0 Å². The lowest BCUT2D eigenvalue weighted by atomic mass is 9.75. The van der Waals surface area contributed by atoms with Gasteiger partial charge in [0.25, 0.3) is 0 Å². The monoisotopic (exact) mass is 247 g/mol. The fraction of sp³-hybridized carbons (Fsp3) is 0.571. The smallest absolute Gasteiger partial charge is 0.170 e. The van der Waals surface area contributed by atoms with Gasteiger partial charge in [0.05, 0.1) is 5.56 Å². The van der Waals surface area contributed by atoms with Crippen LogP contribution in [0.2, 0.25) is 0 Å². The van der Waals surface area contributed by atoms with E-state index in [0.29, 0.717) is 23.8 Å². The van der Waals surface area contributed by atoms with Gasteiger partial charge in [-0.1, -0.05) is 12.8 Å². The van der Waals surface area contributed by atoms with E-state index < -0.39 is 0 Å². The highest BCUT2D eigenvalue weighted by molar-refractivity contribution is 6.03. The van der Waals surface area contributed by atoms with Crippen LogP contribution in [0.4, 0.5) is 5.82 Å². The second kappa shape index (κ2) is 5.48. The number of hydrogen-bond acceptors (Lipinski definition) is 4. The van der Waals surface area contributed by atoms with E-state index in [1.807, 2.05) is 13.0 Å². The third-order valence-corrected chi connectivity index (χ3v) is 3.98. The Morgan fingerprint density at radius 1 is 1.44 bits per heavy atom. The normalized spacial score (nSPS) is 23.9. The van der Waals surface area contributed by atoms with Crippen molar-refractivity contribution in [1.29, 1.82) is 0 Å². The quantitative estimate of drug-likeness (QED) is 0.799. The molecule has 1 fully saturated rings. The molecule has 1 aromatic rings. The van der Waals surface area contributed by atoms with Crippen LogP contribution in [0, 0.1) is 18.8 Å². The number of ketones is 1. The van der Waals surface area contributed by atoms with Crippen LogP contribution in [-0.4, -0.2) is 17.3 Å². The first kappa shape index (κ1) is 13.0. The van der Waals surface area contributed by atoms with E-state index >= 15 is 0 Å². The average Bonchev–Trinajstić information content (AvgIpc) is 2.38. The molecule has 0 aliphatic heterocycles.